The first-order valence-electron chi connectivity index (χ1n) is 5.47. The summed E-state index contributed by atoms with van der Waals surface area (Å²) in [7, 11) is 0. The molecule has 1 aromatic carbocycles. The van der Waals surface area contributed by atoms with Crippen LogP contribution in [0.3, 0.4) is 0 Å². The molecule has 0 saturated carbocycles. The van der Waals surface area contributed by atoms with Crippen molar-refractivity contribution < 1.29 is 9.47 Å². The first kappa shape index (κ1) is 11.9. The largest absolute Gasteiger partial charge is 0.493 e. The van der Waals surface area contributed by atoms with E-state index < -0.39 is 0 Å². The Morgan fingerprint density at radius 1 is 0.933 bits per heavy atom. The fourth-order valence-electron chi connectivity index (χ4n) is 1.15. The smallest absolute Gasteiger partial charge is 0.119 e. The second-order valence-corrected chi connectivity index (χ2v) is 4.34. The summed E-state index contributed by atoms with van der Waals surface area (Å²) in [6.07, 6.45) is 0.215. The molecule has 0 aromatic heterocycles. The van der Waals surface area contributed by atoms with Crippen LogP contribution in [0.5, 0.6) is 11.5 Å². The predicted molar refractivity (Wildman–Crippen MR) is 62.5 cm³/mol. The van der Waals surface area contributed by atoms with Gasteiger partial charge in [0.15, 0.2) is 0 Å². The molecule has 1 rings (SSSR count). The van der Waals surface area contributed by atoms with E-state index >= 15 is 0 Å². The lowest BCUT2D eigenvalue weighted by Crippen LogP contribution is -2.06. The van der Waals surface area contributed by atoms with Crippen molar-refractivity contribution in [3.8, 4) is 11.5 Å². The van der Waals surface area contributed by atoms with E-state index in [1.165, 1.54) is 0 Å². The molecule has 0 aliphatic rings. The zero-order valence-electron chi connectivity index (χ0n) is 9.99. The van der Waals surface area contributed by atoms with Gasteiger partial charge in [0.25, 0.3) is 0 Å². The summed E-state index contributed by atoms with van der Waals surface area (Å²) in [4.78, 5) is 0. The van der Waals surface area contributed by atoms with Crippen LogP contribution in [0.15, 0.2) is 24.3 Å². The van der Waals surface area contributed by atoms with Gasteiger partial charge < -0.3 is 9.47 Å². The maximum Gasteiger partial charge on any atom is 0.119 e. The Morgan fingerprint density at radius 2 is 1.47 bits per heavy atom. The molecule has 0 saturated heterocycles. The quantitative estimate of drug-likeness (QED) is 0.737. The van der Waals surface area contributed by atoms with Crippen LogP contribution in [-0.4, -0.2) is 12.7 Å². The molecule has 0 N–H and O–H groups in total. The van der Waals surface area contributed by atoms with Crippen LogP contribution in [0.25, 0.3) is 0 Å². The van der Waals surface area contributed by atoms with Gasteiger partial charge in [0, 0.05) is 0 Å². The van der Waals surface area contributed by atoms with Crippen LogP contribution in [0.2, 0.25) is 0 Å². The molecular weight excluding hydrogens is 188 g/mol. The summed E-state index contributed by atoms with van der Waals surface area (Å²) < 4.78 is 11.1. The van der Waals surface area contributed by atoms with Gasteiger partial charge in [-0.2, -0.15) is 0 Å². The highest BCUT2D eigenvalue weighted by atomic mass is 16.5. The van der Waals surface area contributed by atoms with E-state index in [2.05, 4.69) is 13.8 Å². The highest BCUT2D eigenvalue weighted by molar-refractivity contribution is 5.31. The second kappa shape index (κ2) is 5.64. The van der Waals surface area contributed by atoms with E-state index in [4.69, 9.17) is 9.47 Å². The zero-order valence-corrected chi connectivity index (χ0v) is 9.99. The van der Waals surface area contributed by atoms with Crippen molar-refractivity contribution >= 4 is 0 Å². The monoisotopic (exact) mass is 208 g/mol. The highest BCUT2D eigenvalue weighted by Crippen LogP contribution is 2.18. The SMILES string of the molecule is CC(C)COc1ccc(OC(C)C)cc1. The molecule has 84 valence electrons. The minimum atomic E-state index is 0.215. The minimum Gasteiger partial charge on any atom is -0.493 e. The van der Waals surface area contributed by atoms with Crippen molar-refractivity contribution in [2.75, 3.05) is 6.61 Å². The summed E-state index contributed by atoms with van der Waals surface area (Å²) in [6.45, 7) is 9.06. The third-order valence-electron chi connectivity index (χ3n) is 1.78. The van der Waals surface area contributed by atoms with E-state index in [0.717, 1.165) is 18.1 Å². The number of ether oxygens (including phenoxy) is 2. The van der Waals surface area contributed by atoms with Gasteiger partial charge in [-0.1, -0.05) is 13.8 Å². The normalized spacial score (nSPS) is 10.8. The molecule has 0 spiro atoms. The molecule has 2 nitrogen and oxygen atoms in total. The molecule has 0 radical (unpaired) electrons. The van der Waals surface area contributed by atoms with Crippen molar-refractivity contribution in [3.05, 3.63) is 24.3 Å². The number of hydrogen-bond acceptors (Lipinski definition) is 2. The molecule has 0 heterocycles. The van der Waals surface area contributed by atoms with E-state index in [1.54, 1.807) is 0 Å². The van der Waals surface area contributed by atoms with Gasteiger partial charge in [-0.25, -0.2) is 0 Å². The van der Waals surface area contributed by atoms with Gasteiger partial charge in [0.1, 0.15) is 11.5 Å². The molecule has 1 aromatic rings. The lowest BCUT2D eigenvalue weighted by molar-refractivity contribution is 0.241. The van der Waals surface area contributed by atoms with E-state index in [0.29, 0.717) is 5.92 Å². The predicted octanol–water partition coefficient (Wildman–Crippen LogP) is 3.51. The number of benzene rings is 1. The van der Waals surface area contributed by atoms with Gasteiger partial charge in [0.2, 0.25) is 0 Å². The van der Waals surface area contributed by atoms with Gasteiger partial charge in [0.05, 0.1) is 12.7 Å². The van der Waals surface area contributed by atoms with Crippen LogP contribution >= 0.6 is 0 Å². The molecule has 2 heteroatoms. The number of rotatable bonds is 5. The zero-order chi connectivity index (χ0) is 11.3. The van der Waals surface area contributed by atoms with Crippen LogP contribution in [0.4, 0.5) is 0 Å². The van der Waals surface area contributed by atoms with Gasteiger partial charge >= 0.3 is 0 Å². The van der Waals surface area contributed by atoms with Gasteiger partial charge in [-0.3, -0.25) is 0 Å². The molecule has 0 atom stereocenters. The molecule has 15 heavy (non-hydrogen) atoms. The average Bonchev–Trinajstić information content (AvgIpc) is 2.16. The minimum absolute atomic E-state index is 0.215. The molecule has 0 amide bonds. The highest BCUT2D eigenvalue weighted by Gasteiger charge is 1.99. The molecule has 0 fully saturated rings. The van der Waals surface area contributed by atoms with Crippen LogP contribution < -0.4 is 9.47 Å². The molecule has 0 unspecified atom stereocenters. The van der Waals surface area contributed by atoms with Gasteiger partial charge in [-0.15, -0.1) is 0 Å². The molecular formula is C13H20O2. The molecule has 0 aliphatic carbocycles. The maximum atomic E-state index is 5.57. The van der Waals surface area contributed by atoms with Crippen molar-refractivity contribution in [1.29, 1.82) is 0 Å². The summed E-state index contributed by atoms with van der Waals surface area (Å²) in [5.74, 6) is 2.35. The lowest BCUT2D eigenvalue weighted by Gasteiger charge is -2.11. The Morgan fingerprint density at radius 3 is 1.93 bits per heavy atom. The van der Waals surface area contributed by atoms with Crippen molar-refractivity contribution in [3.63, 3.8) is 0 Å². The van der Waals surface area contributed by atoms with E-state index in [-0.39, 0.29) is 6.10 Å². The summed E-state index contributed by atoms with van der Waals surface area (Å²) in [6, 6.07) is 7.77. The van der Waals surface area contributed by atoms with Crippen LogP contribution in [0, 0.1) is 5.92 Å². The lowest BCUT2D eigenvalue weighted by atomic mass is 10.2. The van der Waals surface area contributed by atoms with E-state index in [1.807, 2.05) is 38.1 Å². The standard InChI is InChI=1S/C13H20O2/c1-10(2)9-14-12-5-7-13(8-6-12)15-11(3)4/h5-8,10-11H,9H2,1-4H3. The Balaban J connectivity index is 2.49. The first-order valence-corrected chi connectivity index (χ1v) is 5.47. The molecule has 0 aliphatic heterocycles. The number of hydrogen-bond donors (Lipinski definition) is 0. The van der Waals surface area contributed by atoms with Crippen molar-refractivity contribution in [2.24, 2.45) is 5.92 Å². The first-order chi connectivity index (χ1) is 7.08. The molecule has 0 bridgehead atoms. The summed E-state index contributed by atoms with van der Waals surface area (Å²) in [5.41, 5.74) is 0. The summed E-state index contributed by atoms with van der Waals surface area (Å²) in [5, 5.41) is 0. The fourth-order valence-corrected chi connectivity index (χ4v) is 1.15. The Kier molecular flexibility index (Phi) is 4.47. The Hall–Kier alpha value is -1.18. The van der Waals surface area contributed by atoms with Crippen LogP contribution in [-0.2, 0) is 0 Å². The maximum absolute atomic E-state index is 5.57. The van der Waals surface area contributed by atoms with Gasteiger partial charge in [-0.05, 0) is 44.0 Å². The van der Waals surface area contributed by atoms with Crippen molar-refractivity contribution in [1.82, 2.24) is 0 Å². The summed E-state index contributed by atoms with van der Waals surface area (Å²) >= 11 is 0. The van der Waals surface area contributed by atoms with Crippen LogP contribution in [0.1, 0.15) is 27.7 Å². The third kappa shape index (κ3) is 4.73. The second-order valence-electron chi connectivity index (χ2n) is 4.34. The average molecular weight is 208 g/mol. The Labute approximate surface area is 92.2 Å². The van der Waals surface area contributed by atoms with E-state index in [9.17, 15) is 0 Å². The fraction of sp³-hybridized carbons (Fsp3) is 0.538. The van der Waals surface area contributed by atoms with Crippen molar-refractivity contribution in [2.45, 2.75) is 33.8 Å². The third-order valence-corrected chi connectivity index (χ3v) is 1.78. The Bertz CT molecular complexity index is 275. The topological polar surface area (TPSA) is 18.5 Å².